The van der Waals surface area contributed by atoms with Crippen LogP contribution in [0.4, 0.5) is 0 Å². The van der Waals surface area contributed by atoms with Gasteiger partial charge in [-0.1, -0.05) is 62.3 Å². The van der Waals surface area contributed by atoms with Gasteiger partial charge in [0, 0.05) is 30.1 Å². The summed E-state index contributed by atoms with van der Waals surface area (Å²) >= 11 is 0. The van der Waals surface area contributed by atoms with Crippen LogP contribution in [0.3, 0.4) is 0 Å². The Kier molecular flexibility index (Phi) is 6.57. The highest BCUT2D eigenvalue weighted by atomic mass is 32.2. The first-order valence-electron chi connectivity index (χ1n) is 10.5. The first-order chi connectivity index (χ1) is 13.4. The molecule has 2 aliphatic rings. The maximum atomic E-state index is 12.5. The van der Waals surface area contributed by atoms with E-state index < -0.39 is 21.7 Å². The molecule has 0 radical (unpaired) electrons. The molecule has 0 saturated carbocycles. The SMILES string of the molecule is COC(=O)CS(=O)(=O)NC1CC2=C(C(C)(C)C)C(C(C)(C)C)N=C(C(C)(C)C)N2C1. The Hall–Kier alpha value is -1.41. The Labute approximate surface area is 182 Å². The average Bonchev–Trinajstić information content (AvgIpc) is 2.91. The molecule has 0 aliphatic carbocycles. The number of nitrogens with zero attached hydrogens (tertiary/aromatic N) is 2. The largest absolute Gasteiger partial charge is 0.468 e. The molecule has 2 aliphatic heterocycles. The van der Waals surface area contributed by atoms with E-state index in [1.807, 2.05) is 0 Å². The van der Waals surface area contributed by atoms with E-state index in [-0.39, 0.29) is 28.3 Å². The number of esters is 1. The van der Waals surface area contributed by atoms with Gasteiger partial charge in [-0.05, 0) is 16.4 Å². The monoisotopic (exact) mass is 441 g/mol. The lowest BCUT2D eigenvalue weighted by Crippen LogP contribution is -2.47. The van der Waals surface area contributed by atoms with Crippen molar-refractivity contribution < 1.29 is 17.9 Å². The third-order valence-electron chi connectivity index (χ3n) is 5.44. The molecule has 2 rings (SSSR count). The van der Waals surface area contributed by atoms with Crippen LogP contribution in [0.5, 0.6) is 0 Å². The van der Waals surface area contributed by atoms with Crippen molar-refractivity contribution >= 4 is 21.8 Å². The molecule has 2 heterocycles. The van der Waals surface area contributed by atoms with E-state index in [9.17, 15) is 13.2 Å². The minimum atomic E-state index is -3.78. The summed E-state index contributed by atoms with van der Waals surface area (Å²) < 4.78 is 32.2. The van der Waals surface area contributed by atoms with E-state index in [1.165, 1.54) is 12.7 Å². The molecule has 30 heavy (non-hydrogen) atoms. The summed E-state index contributed by atoms with van der Waals surface area (Å²) in [5.41, 5.74) is 2.06. The molecule has 0 amide bonds. The molecule has 8 heteroatoms. The predicted molar refractivity (Wildman–Crippen MR) is 121 cm³/mol. The fraction of sp³-hybridized carbons (Fsp3) is 0.818. The van der Waals surface area contributed by atoms with Gasteiger partial charge < -0.3 is 9.64 Å². The van der Waals surface area contributed by atoms with Gasteiger partial charge in [0.05, 0.1) is 13.2 Å². The summed E-state index contributed by atoms with van der Waals surface area (Å²) in [4.78, 5) is 18.9. The number of rotatable bonds is 4. The van der Waals surface area contributed by atoms with Crippen LogP contribution in [0.25, 0.3) is 0 Å². The maximum absolute atomic E-state index is 12.5. The third-order valence-corrected chi connectivity index (χ3v) is 6.75. The molecule has 1 fully saturated rings. The molecule has 0 bridgehead atoms. The van der Waals surface area contributed by atoms with Gasteiger partial charge in [0.1, 0.15) is 5.84 Å². The molecule has 1 N–H and O–H groups in total. The summed E-state index contributed by atoms with van der Waals surface area (Å²) in [5, 5.41) is 0. The van der Waals surface area contributed by atoms with Gasteiger partial charge >= 0.3 is 5.97 Å². The maximum Gasteiger partial charge on any atom is 0.322 e. The number of carbonyl (C=O) groups is 1. The van der Waals surface area contributed by atoms with E-state index in [0.29, 0.717) is 13.0 Å². The van der Waals surface area contributed by atoms with Crippen molar-refractivity contribution in [2.24, 2.45) is 21.2 Å². The minimum absolute atomic E-state index is 0.0170. The fourth-order valence-electron chi connectivity index (χ4n) is 4.28. The summed E-state index contributed by atoms with van der Waals surface area (Å²) in [6, 6.07) is -0.304. The molecule has 0 aromatic rings. The van der Waals surface area contributed by atoms with Gasteiger partial charge in [0.2, 0.25) is 10.0 Å². The second-order valence-corrected chi connectivity index (χ2v) is 13.3. The molecule has 1 saturated heterocycles. The number of ether oxygens (including phenoxy) is 1. The van der Waals surface area contributed by atoms with Crippen LogP contribution in [0.1, 0.15) is 68.7 Å². The van der Waals surface area contributed by atoms with E-state index in [2.05, 4.69) is 76.7 Å². The van der Waals surface area contributed by atoms with Crippen molar-refractivity contribution in [2.75, 3.05) is 19.4 Å². The van der Waals surface area contributed by atoms with Crippen LogP contribution in [0.15, 0.2) is 16.3 Å². The highest BCUT2D eigenvalue weighted by Gasteiger charge is 2.47. The smallest absolute Gasteiger partial charge is 0.322 e. The van der Waals surface area contributed by atoms with E-state index in [0.717, 1.165) is 11.5 Å². The van der Waals surface area contributed by atoms with Crippen LogP contribution < -0.4 is 4.72 Å². The Morgan fingerprint density at radius 3 is 2.10 bits per heavy atom. The van der Waals surface area contributed by atoms with Gasteiger partial charge in [-0.3, -0.25) is 9.79 Å². The zero-order valence-electron chi connectivity index (χ0n) is 20.2. The van der Waals surface area contributed by atoms with Crippen LogP contribution in [0.2, 0.25) is 0 Å². The van der Waals surface area contributed by atoms with Crippen LogP contribution in [-0.4, -0.2) is 56.6 Å². The van der Waals surface area contributed by atoms with Crippen LogP contribution >= 0.6 is 0 Å². The predicted octanol–water partition coefficient (Wildman–Crippen LogP) is 3.33. The number of methoxy groups -OCH3 is 1. The standard InChI is InChI=1S/C22H39N3O4S/c1-20(2,3)17-15-11-14(24-30(27,28)13-16(26)29-10)12-25(15)19(22(7,8)9)23-18(17)21(4,5)6/h14,18,24H,11-13H2,1-10H3. The Bertz CT molecular complexity index is 852. The topological polar surface area (TPSA) is 88.1 Å². The summed E-state index contributed by atoms with van der Waals surface area (Å²) in [5.74, 6) is -0.451. The summed E-state index contributed by atoms with van der Waals surface area (Å²) in [6.07, 6.45) is 0.578. The van der Waals surface area contributed by atoms with Gasteiger partial charge in [-0.25, -0.2) is 13.1 Å². The molecule has 0 spiro atoms. The molecular formula is C22H39N3O4S. The van der Waals surface area contributed by atoms with Crippen molar-refractivity contribution in [3.8, 4) is 0 Å². The Balaban J connectivity index is 2.52. The van der Waals surface area contributed by atoms with Crippen LogP contribution in [0, 0.1) is 16.2 Å². The molecule has 0 aromatic carbocycles. The number of aliphatic imine (C=N–C) groups is 1. The van der Waals surface area contributed by atoms with Gasteiger partial charge in [-0.2, -0.15) is 0 Å². The number of hydrogen-bond acceptors (Lipinski definition) is 6. The second-order valence-electron chi connectivity index (χ2n) is 11.5. The zero-order valence-corrected chi connectivity index (χ0v) is 21.0. The van der Waals surface area contributed by atoms with Crippen LogP contribution in [-0.2, 0) is 19.6 Å². The normalized spacial score (nSPS) is 23.4. The summed E-state index contributed by atoms with van der Waals surface area (Å²) in [6.45, 7) is 20.1. The second kappa shape index (κ2) is 7.93. The van der Waals surface area contributed by atoms with Gasteiger partial charge in [-0.15, -0.1) is 0 Å². The molecule has 172 valence electrons. The van der Waals surface area contributed by atoms with Crippen molar-refractivity contribution in [1.29, 1.82) is 0 Å². The first kappa shape index (κ1) is 24.9. The molecular weight excluding hydrogens is 402 g/mol. The van der Waals surface area contributed by atoms with E-state index in [4.69, 9.17) is 4.99 Å². The quantitative estimate of drug-likeness (QED) is 0.676. The van der Waals surface area contributed by atoms with Crippen molar-refractivity contribution in [1.82, 2.24) is 9.62 Å². The number of nitrogens with one attached hydrogen (secondary N) is 1. The third kappa shape index (κ3) is 5.44. The fourth-order valence-corrected chi connectivity index (χ4v) is 5.46. The lowest BCUT2D eigenvalue weighted by molar-refractivity contribution is -0.137. The van der Waals surface area contributed by atoms with Crippen molar-refractivity contribution in [3.05, 3.63) is 11.3 Å². The Morgan fingerprint density at radius 2 is 1.67 bits per heavy atom. The minimum Gasteiger partial charge on any atom is -0.468 e. The van der Waals surface area contributed by atoms with Gasteiger partial charge in [0.25, 0.3) is 0 Å². The number of fused-ring (bicyclic) bond motifs is 1. The average molecular weight is 442 g/mol. The first-order valence-corrected chi connectivity index (χ1v) is 12.2. The van der Waals surface area contributed by atoms with E-state index >= 15 is 0 Å². The number of hydrogen-bond donors (Lipinski definition) is 1. The number of amidine groups is 1. The molecule has 2 unspecified atom stereocenters. The van der Waals surface area contributed by atoms with Crippen molar-refractivity contribution in [3.63, 3.8) is 0 Å². The van der Waals surface area contributed by atoms with Crippen molar-refractivity contribution in [2.45, 2.75) is 80.8 Å². The summed E-state index contributed by atoms with van der Waals surface area (Å²) in [7, 11) is -2.59. The highest BCUT2D eigenvalue weighted by Crippen LogP contribution is 2.47. The molecule has 7 nitrogen and oxygen atoms in total. The lowest BCUT2D eigenvalue weighted by atomic mass is 9.70. The van der Waals surface area contributed by atoms with E-state index in [1.54, 1.807) is 0 Å². The number of sulfonamides is 1. The lowest BCUT2D eigenvalue weighted by Gasteiger charge is -2.45. The molecule has 0 aromatic heterocycles. The van der Waals surface area contributed by atoms with Gasteiger partial charge in [0.15, 0.2) is 5.75 Å². The number of carbonyl (C=O) groups excluding carboxylic acids is 1. The molecule has 2 atom stereocenters. The zero-order chi connectivity index (χ0) is 23.3. The Morgan fingerprint density at radius 1 is 1.10 bits per heavy atom. The highest BCUT2D eigenvalue weighted by molar-refractivity contribution is 7.90.